The Morgan fingerprint density at radius 3 is 2.80 bits per heavy atom. The highest BCUT2D eigenvalue weighted by Gasteiger charge is 2.38. The topological polar surface area (TPSA) is 23.8 Å². The fraction of sp³-hybridized carbons (Fsp3) is 0.857. The maximum atomic E-state index is 13.3. The van der Waals surface area contributed by atoms with Crippen LogP contribution in [0.3, 0.4) is 0 Å². The molecular formula is C7H9BrFN. The maximum Gasteiger partial charge on any atom is 0.122 e. The molecule has 0 amide bonds. The molecule has 3 heteroatoms. The second-order valence-corrected chi connectivity index (χ2v) is 3.41. The molecule has 0 aromatic heterocycles. The molecule has 0 N–H and O–H groups in total. The summed E-state index contributed by atoms with van der Waals surface area (Å²) in [6, 6.07) is 2.09. The van der Waals surface area contributed by atoms with E-state index in [-0.39, 0.29) is 5.92 Å². The van der Waals surface area contributed by atoms with Crippen LogP contribution in [0.25, 0.3) is 0 Å². The van der Waals surface area contributed by atoms with E-state index in [0.717, 1.165) is 6.42 Å². The van der Waals surface area contributed by atoms with Crippen molar-refractivity contribution in [3.63, 3.8) is 0 Å². The molecule has 1 rings (SSSR count). The smallest absolute Gasteiger partial charge is 0.122 e. The van der Waals surface area contributed by atoms with E-state index in [1.165, 1.54) is 0 Å². The average molecular weight is 206 g/mol. The minimum Gasteiger partial charge on any atom is -0.243 e. The summed E-state index contributed by atoms with van der Waals surface area (Å²) >= 11 is 3.10. The first-order chi connectivity index (χ1) is 4.70. The molecule has 0 aliphatic heterocycles. The van der Waals surface area contributed by atoms with E-state index in [2.05, 4.69) is 22.0 Å². The van der Waals surface area contributed by atoms with Gasteiger partial charge in [-0.2, -0.15) is 5.26 Å². The Kier molecular flexibility index (Phi) is 2.30. The number of rotatable bonds is 1. The molecule has 1 aliphatic carbocycles. The van der Waals surface area contributed by atoms with Crippen LogP contribution in [0.1, 0.15) is 19.3 Å². The Hall–Kier alpha value is -0.100. The third kappa shape index (κ3) is 1.49. The highest BCUT2D eigenvalue weighted by atomic mass is 79.9. The van der Waals surface area contributed by atoms with Gasteiger partial charge >= 0.3 is 0 Å². The standard InChI is InChI=1S/C7H9BrFN/c8-5-7(9)2-1-6(3-7)4-10/h6H,1-3,5H2/t6?,7-/m0/s1. The van der Waals surface area contributed by atoms with Crippen LogP contribution in [0.15, 0.2) is 0 Å². The van der Waals surface area contributed by atoms with Crippen molar-refractivity contribution in [2.75, 3.05) is 5.33 Å². The molecule has 2 atom stereocenters. The molecule has 0 aromatic carbocycles. The number of nitrogens with zero attached hydrogens (tertiary/aromatic N) is 1. The van der Waals surface area contributed by atoms with Crippen LogP contribution in [0.2, 0.25) is 0 Å². The van der Waals surface area contributed by atoms with Gasteiger partial charge in [0, 0.05) is 11.2 Å². The SMILES string of the molecule is N#CC1CC[C@@](F)(CBr)C1. The summed E-state index contributed by atoms with van der Waals surface area (Å²) in [6.45, 7) is 0. The Bertz CT molecular complexity index is 165. The van der Waals surface area contributed by atoms with E-state index in [4.69, 9.17) is 5.26 Å². The van der Waals surface area contributed by atoms with Crippen molar-refractivity contribution in [1.29, 1.82) is 5.26 Å². The van der Waals surface area contributed by atoms with Gasteiger partial charge in [-0.25, -0.2) is 4.39 Å². The summed E-state index contributed by atoms with van der Waals surface area (Å²) in [4.78, 5) is 0. The van der Waals surface area contributed by atoms with Crippen LogP contribution >= 0.6 is 15.9 Å². The predicted octanol–water partition coefficient (Wildman–Crippen LogP) is 2.41. The lowest BCUT2D eigenvalue weighted by Crippen LogP contribution is -2.19. The van der Waals surface area contributed by atoms with Gasteiger partial charge in [-0.3, -0.25) is 0 Å². The highest BCUT2D eigenvalue weighted by molar-refractivity contribution is 9.09. The molecule has 1 unspecified atom stereocenters. The molecule has 0 heterocycles. The summed E-state index contributed by atoms with van der Waals surface area (Å²) in [5.41, 5.74) is -1.10. The number of halogens is 2. The largest absolute Gasteiger partial charge is 0.243 e. The van der Waals surface area contributed by atoms with E-state index in [9.17, 15) is 4.39 Å². The number of hydrogen-bond acceptors (Lipinski definition) is 1. The number of nitriles is 1. The van der Waals surface area contributed by atoms with Gasteiger partial charge in [-0.15, -0.1) is 0 Å². The number of alkyl halides is 2. The van der Waals surface area contributed by atoms with Gasteiger partial charge in [0.05, 0.1) is 6.07 Å². The van der Waals surface area contributed by atoms with Crippen molar-refractivity contribution in [3.05, 3.63) is 0 Å². The van der Waals surface area contributed by atoms with Crippen molar-refractivity contribution in [3.8, 4) is 6.07 Å². The summed E-state index contributed by atoms with van der Waals surface area (Å²) < 4.78 is 13.3. The first kappa shape index (κ1) is 8.00. The quantitative estimate of drug-likeness (QED) is 0.604. The monoisotopic (exact) mass is 205 g/mol. The number of hydrogen-bond donors (Lipinski definition) is 0. The molecule has 1 saturated carbocycles. The third-order valence-corrected chi connectivity index (χ3v) is 2.98. The van der Waals surface area contributed by atoms with Gasteiger partial charge in [-0.1, -0.05) is 15.9 Å². The fourth-order valence-electron chi connectivity index (χ4n) is 1.31. The van der Waals surface area contributed by atoms with Crippen molar-refractivity contribution >= 4 is 15.9 Å². The molecule has 1 fully saturated rings. The van der Waals surface area contributed by atoms with Gasteiger partial charge in [-0.05, 0) is 19.3 Å². The lowest BCUT2D eigenvalue weighted by Gasteiger charge is -2.13. The van der Waals surface area contributed by atoms with Crippen molar-refractivity contribution in [1.82, 2.24) is 0 Å². The molecule has 0 spiro atoms. The fourth-order valence-corrected chi connectivity index (χ4v) is 1.82. The zero-order valence-electron chi connectivity index (χ0n) is 5.61. The summed E-state index contributed by atoms with van der Waals surface area (Å²) in [5.74, 6) is -0.0532. The van der Waals surface area contributed by atoms with Gasteiger partial charge < -0.3 is 0 Å². The average Bonchev–Trinajstić information content (AvgIpc) is 2.33. The Balaban J connectivity index is 2.51. The van der Waals surface area contributed by atoms with Crippen molar-refractivity contribution < 1.29 is 4.39 Å². The molecule has 0 aromatic rings. The molecule has 0 saturated heterocycles. The molecule has 56 valence electrons. The zero-order valence-corrected chi connectivity index (χ0v) is 7.19. The van der Waals surface area contributed by atoms with E-state index in [1.807, 2.05) is 0 Å². The second kappa shape index (κ2) is 2.87. The summed E-state index contributed by atoms with van der Waals surface area (Å²) in [6.07, 6.45) is 1.67. The van der Waals surface area contributed by atoms with Crippen LogP contribution in [0.4, 0.5) is 4.39 Å². The third-order valence-electron chi connectivity index (χ3n) is 1.98. The first-order valence-corrected chi connectivity index (χ1v) is 4.47. The van der Waals surface area contributed by atoms with Gasteiger partial charge in [0.1, 0.15) is 5.67 Å². The molecular weight excluding hydrogens is 197 g/mol. The summed E-state index contributed by atoms with van der Waals surface area (Å²) in [7, 11) is 0. The van der Waals surface area contributed by atoms with E-state index >= 15 is 0 Å². The van der Waals surface area contributed by atoms with Crippen molar-refractivity contribution in [2.45, 2.75) is 24.9 Å². The Morgan fingerprint density at radius 2 is 2.50 bits per heavy atom. The lowest BCUT2D eigenvalue weighted by atomic mass is 10.1. The molecule has 1 nitrogen and oxygen atoms in total. The minimum atomic E-state index is -1.10. The van der Waals surface area contributed by atoms with E-state index < -0.39 is 5.67 Å². The zero-order chi connectivity index (χ0) is 7.61. The molecule has 10 heavy (non-hydrogen) atoms. The van der Waals surface area contributed by atoms with E-state index in [1.54, 1.807) is 0 Å². The summed E-state index contributed by atoms with van der Waals surface area (Å²) in [5, 5.41) is 8.83. The second-order valence-electron chi connectivity index (χ2n) is 2.85. The minimum absolute atomic E-state index is 0.0532. The molecule has 1 aliphatic rings. The van der Waals surface area contributed by atoms with Crippen molar-refractivity contribution in [2.24, 2.45) is 5.92 Å². The maximum absolute atomic E-state index is 13.3. The Labute approximate surface area is 68.3 Å². The van der Waals surface area contributed by atoms with Gasteiger partial charge in [0.25, 0.3) is 0 Å². The lowest BCUT2D eigenvalue weighted by molar-refractivity contribution is 0.204. The predicted molar refractivity (Wildman–Crippen MR) is 40.6 cm³/mol. The van der Waals surface area contributed by atoms with Crippen LogP contribution < -0.4 is 0 Å². The Morgan fingerprint density at radius 1 is 1.80 bits per heavy atom. The van der Waals surface area contributed by atoms with Gasteiger partial charge in [0.15, 0.2) is 0 Å². The van der Waals surface area contributed by atoms with Crippen LogP contribution in [-0.4, -0.2) is 11.0 Å². The van der Waals surface area contributed by atoms with Crippen LogP contribution in [0.5, 0.6) is 0 Å². The highest BCUT2D eigenvalue weighted by Crippen LogP contribution is 2.38. The van der Waals surface area contributed by atoms with Crippen LogP contribution in [0, 0.1) is 17.2 Å². The first-order valence-electron chi connectivity index (χ1n) is 3.35. The van der Waals surface area contributed by atoms with E-state index in [0.29, 0.717) is 18.2 Å². The van der Waals surface area contributed by atoms with Gasteiger partial charge in [0.2, 0.25) is 0 Å². The normalized spacial score (nSPS) is 39.5. The molecule has 0 bridgehead atoms. The molecule has 0 radical (unpaired) electrons. The van der Waals surface area contributed by atoms with Crippen LogP contribution in [-0.2, 0) is 0 Å².